The fraction of sp³-hybridized carbons (Fsp3) is 0.286. The van der Waals surface area contributed by atoms with Crippen LogP contribution in [0.5, 0.6) is 0 Å². The second kappa shape index (κ2) is 8.24. The molecule has 6 nitrogen and oxygen atoms in total. The number of benzene rings is 1. The van der Waals surface area contributed by atoms with Gasteiger partial charge in [0.25, 0.3) is 0 Å². The Morgan fingerprint density at radius 1 is 1.36 bits per heavy atom. The summed E-state index contributed by atoms with van der Waals surface area (Å²) in [6.07, 6.45) is 0. The first kappa shape index (κ1) is 20.5. The molecule has 0 saturated carbocycles. The fourth-order valence-electron chi connectivity index (χ4n) is 1.89. The van der Waals surface area contributed by atoms with Crippen LogP contribution >= 0.6 is 47.2 Å². The minimum Gasteiger partial charge on any atom is -0.331 e. The molecule has 1 aromatic carbocycles. The zero-order valence-electron chi connectivity index (χ0n) is 13.2. The number of thiocarbonyl (C=S) groups is 1. The number of rotatable bonds is 5. The van der Waals surface area contributed by atoms with Crippen molar-refractivity contribution in [3.05, 3.63) is 39.3 Å². The van der Waals surface area contributed by atoms with Crippen molar-refractivity contribution in [1.82, 2.24) is 9.62 Å². The van der Waals surface area contributed by atoms with Gasteiger partial charge in [0.2, 0.25) is 15.8 Å². The molecule has 136 valence electrons. The molecule has 0 radical (unpaired) electrons. The normalized spacial score (nSPS) is 17.6. The summed E-state index contributed by atoms with van der Waals surface area (Å²) in [6.45, 7) is 1.98. The van der Waals surface area contributed by atoms with Crippen molar-refractivity contribution in [2.24, 2.45) is 0 Å². The first-order chi connectivity index (χ1) is 11.7. The van der Waals surface area contributed by atoms with E-state index in [0.717, 1.165) is 16.1 Å². The molecule has 2 rings (SSSR count). The highest BCUT2D eigenvalue weighted by atomic mass is 35.5. The van der Waals surface area contributed by atoms with E-state index in [2.05, 4.69) is 10.6 Å². The van der Waals surface area contributed by atoms with Crippen LogP contribution in [0.4, 0.5) is 5.69 Å². The summed E-state index contributed by atoms with van der Waals surface area (Å²) in [7, 11) is -2.29. The molecule has 0 saturated heterocycles. The topological polar surface area (TPSA) is 78.5 Å². The molecule has 0 bridgehead atoms. The number of carbonyl (C=O) groups excluding carboxylic acids is 1. The highest BCUT2D eigenvalue weighted by Gasteiger charge is 2.41. The summed E-state index contributed by atoms with van der Waals surface area (Å²) >= 11 is 18.1. The van der Waals surface area contributed by atoms with Crippen LogP contribution < -0.4 is 10.6 Å². The quantitative estimate of drug-likeness (QED) is 0.682. The lowest BCUT2D eigenvalue weighted by Crippen LogP contribution is -2.40. The second-order valence-corrected chi connectivity index (χ2v) is 9.60. The van der Waals surface area contributed by atoms with Crippen LogP contribution in [0, 0.1) is 0 Å². The van der Waals surface area contributed by atoms with Crippen LogP contribution in [0.25, 0.3) is 0 Å². The molecule has 1 aromatic rings. The fourth-order valence-corrected chi connectivity index (χ4v) is 5.40. The summed E-state index contributed by atoms with van der Waals surface area (Å²) in [6, 6.07) is 4.99. The van der Waals surface area contributed by atoms with Crippen LogP contribution in [0.15, 0.2) is 29.3 Å². The third-order valence-electron chi connectivity index (χ3n) is 3.39. The SMILES string of the molecule is CCN(C)S(=O)(=O)C1SC=C(NC(=S)Nc2cccc(Cl)c2Cl)C1=O. The van der Waals surface area contributed by atoms with Crippen molar-refractivity contribution < 1.29 is 13.2 Å². The van der Waals surface area contributed by atoms with E-state index in [1.165, 1.54) is 12.5 Å². The highest BCUT2D eigenvalue weighted by Crippen LogP contribution is 2.32. The minimum absolute atomic E-state index is 0.103. The van der Waals surface area contributed by atoms with Crippen LogP contribution in [-0.4, -0.2) is 41.8 Å². The summed E-state index contributed by atoms with van der Waals surface area (Å²) in [5.41, 5.74) is 0.582. The lowest BCUT2D eigenvalue weighted by Gasteiger charge is -2.19. The molecular formula is C14H15Cl2N3O3S3. The molecule has 0 aromatic heterocycles. The van der Waals surface area contributed by atoms with Gasteiger partial charge in [0.05, 0.1) is 21.4 Å². The molecule has 1 heterocycles. The number of hydrogen-bond donors (Lipinski definition) is 2. The molecule has 1 aliphatic heterocycles. The van der Waals surface area contributed by atoms with Gasteiger partial charge < -0.3 is 10.6 Å². The maximum absolute atomic E-state index is 12.4. The first-order valence-electron chi connectivity index (χ1n) is 7.05. The van der Waals surface area contributed by atoms with Crippen LogP contribution in [0.2, 0.25) is 10.0 Å². The van der Waals surface area contributed by atoms with Crippen molar-refractivity contribution in [2.45, 2.75) is 11.5 Å². The number of nitrogens with zero attached hydrogens (tertiary/aromatic N) is 1. The average Bonchev–Trinajstić information content (AvgIpc) is 2.92. The van der Waals surface area contributed by atoms with E-state index in [1.807, 2.05) is 0 Å². The van der Waals surface area contributed by atoms with Crippen LogP contribution in [0.3, 0.4) is 0 Å². The van der Waals surface area contributed by atoms with Gasteiger partial charge in [0, 0.05) is 19.0 Å². The van der Waals surface area contributed by atoms with Crippen molar-refractivity contribution in [3.63, 3.8) is 0 Å². The van der Waals surface area contributed by atoms with Gasteiger partial charge in [0.15, 0.2) is 9.69 Å². The summed E-state index contributed by atoms with van der Waals surface area (Å²) in [4.78, 5) is 12.4. The number of sulfonamides is 1. The predicted octanol–water partition coefficient (Wildman–Crippen LogP) is 3.04. The molecule has 2 N–H and O–H groups in total. The molecule has 0 spiro atoms. The maximum Gasteiger partial charge on any atom is 0.234 e. The maximum atomic E-state index is 12.4. The molecule has 11 heteroatoms. The van der Waals surface area contributed by atoms with E-state index < -0.39 is 20.4 Å². The van der Waals surface area contributed by atoms with Gasteiger partial charge in [-0.05, 0) is 24.4 Å². The number of anilines is 1. The van der Waals surface area contributed by atoms with Gasteiger partial charge in [0.1, 0.15) is 0 Å². The second-order valence-electron chi connectivity index (χ2n) is 5.00. The number of halogens is 2. The molecule has 1 unspecified atom stereocenters. The Morgan fingerprint density at radius 3 is 2.68 bits per heavy atom. The van der Waals surface area contributed by atoms with E-state index in [1.54, 1.807) is 25.1 Å². The van der Waals surface area contributed by atoms with Gasteiger partial charge in [-0.15, -0.1) is 11.8 Å². The summed E-state index contributed by atoms with van der Waals surface area (Å²) < 4.78 is 24.6. The molecule has 0 fully saturated rings. The molecule has 1 aliphatic rings. The van der Waals surface area contributed by atoms with E-state index >= 15 is 0 Å². The third-order valence-corrected chi connectivity index (χ3v) is 8.19. The number of Topliss-reactive ketones (excluding diaryl/α,β-unsaturated/α-hetero) is 1. The Hall–Kier alpha value is -0.840. The van der Waals surface area contributed by atoms with Crippen molar-refractivity contribution in [2.75, 3.05) is 18.9 Å². The van der Waals surface area contributed by atoms with Gasteiger partial charge in [-0.2, -0.15) is 0 Å². The lowest BCUT2D eigenvalue weighted by atomic mass is 10.3. The van der Waals surface area contributed by atoms with E-state index in [-0.39, 0.29) is 17.4 Å². The van der Waals surface area contributed by atoms with E-state index in [0.29, 0.717) is 15.7 Å². The van der Waals surface area contributed by atoms with Gasteiger partial charge in [-0.25, -0.2) is 12.7 Å². The smallest absolute Gasteiger partial charge is 0.234 e. The van der Waals surface area contributed by atoms with Crippen LogP contribution in [0.1, 0.15) is 6.92 Å². The van der Waals surface area contributed by atoms with Crippen molar-refractivity contribution >= 4 is 73.8 Å². The Morgan fingerprint density at radius 2 is 2.04 bits per heavy atom. The molecular weight excluding hydrogens is 425 g/mol. The minimum atomic E-state index is -3.73. The predicted molar refractivity (Wildman–Crippen MR) is 108 cm³/mol. The Balaban J connectivity index is 2.06. The number of ketones is 1. The number of thioether (sulfide) groups is 1. The third kappa shape index (κ3) is 4.47. The standard InChI is InChI=1S/C14H15Cl2N3O3S3/c1-3-19(2)25(21,22)13-12(20)10(7-24-13)18-14(23)17-9-6-4-5-8(15)11(9)16/h4-7,13H,3H2,1-2H3,(H2,17,18,23). The Labute approximate surface area is 166 Å². The largest absolute Gasteiger partial charge is 0.331 e. The van der Waals surface area contributed by atoms with Crippen molar-refractivity contribution in [1.29, 1.82) is 0 Å². The van der Waals surface area contributed by atoms with Gasteiger partial charge in [-0.1, -0.05) is 36.2 Å². The van der Waals surface area contributed by atoms with E-state index in [9.17, 15) is 13.2 Å². The molecule has 1 atom stereocenters. The van der Waals surface area contributed by atoms with Gasteiger partial charge >= 0.3 is 0 Å². The van der Waals surface area contributed by atoms with E-state index in [4.69, 9.17) is 35.4 Å². The van der Waals surface area contributed by atoms with Crippen LogP contribution in [-0.2, 0) is 14.8 Å². The molecule has 0 amide bonds. The number of nitrogens with one attached hydrogen (secondary N) is 2. The number of hydrogen-bond acceptors (Lipinski definition) is 5. The monoisotopic (exact) mass is 439 g/mol. The molecule has 25 heavy (non-hydrogen) atoms. The molecule has 0 aliphatic carbocycles. The highest BCUT2D eigenvalue weighted by molar-refractivity contribution is 8.16. The zero-order chi connectivity index (χ0) is 18.8. The Bertz CT molecular complexity index is 843. The average molecular weight is 440 g/mol. The van der Waals surface area contributed by atoms with Crippen molar-refractivity contribution in [3.8, 4) is 0 Å². The summed E-state index contributed by atoms with van der Waals surface area (Å²) in [5, 5.41) is 7.73. The zero-order valence-corrected chi connectivity index (χ0v) is 17.2. The van der Waals surface area contributed by atoms with Gasteiger partial charge in [-0.3, -0.25) is 4.79 Å². The lowest BCUT2D eigenvalue weighted by molar-refractivity contribution is -0.113. The number of allylic oxidation sites excluding steroid dienone is 1. The number of carbonyl (C=O) groups is 1. The Kier molecular flexibility index (Phi) is 6.74. The first-order valence-corrected chi connectivity index (χ1v) is 10.7. The summed E-state index contributed by atoms with van der Waals surface area (Å²) in [5.74, 6) is -0.549.